The summed E-state index contributed by atoms with van der Waals surface area (Å²) in [6, 6.07) is 7.19. The molecule has 4 nitrogen and oxygen atoms in total. The van der Waals surface area contributed by atoms with Gasteiger partial charge < -0.3 is 10.4 Å². The van der Waals surface area contributed by atoms with Crippen LogP contribution in [0.5, 0.6) is 0 Å². The minimum atomic E-state index is -1.24. The number of nitrogens with one attached hydrogen (secondary N) is 1. The third kappa shape index (κ3) is 3.25. The molecule has 0 spiro atoms. The molecule has 0 bridgehead atoms. The lowest BCUT2D eigenvalue weighted by molar-refractivity contribution is 0.0696. The lowest BCUT2D eigenvalue weighted by Gasteiger charge is -2.09. The molecular formula is C14H8BrF2NO3. The van der Waals surface area contributed by atoms with E-state index in [0.717, 1.165) is 12.1 Å². The van der Waals surface area contributed by atoms with E-state index < -0.39 is 29.1 Å². The molecule has 0 aliphatic carbocycles. The van der Waals surface area contributed by atoms with Crippen molar-refractivity contribution < 1.29 is 23.5 Å². The molecule has 0 aliphatic rings. The molecule has 2 aromatic carbocycles. The molecule has 0 heterocycles. The standard InChI is InChI=1S/C14H8BrF2NO3/c15-9-6-7(14(20)21)4-5-11(9)18-13(19)8-2-1-3-10(16)12(8)17/h1-6H,(H,18,19)(H,20,21). The highest BCUT2D eigenvalue weighted by Crippen LogP contribution is 2.24. The van der Waals surface area contributed by atoms with Crippen LogP contribution in [0.2, 0.25) is 0 Å². The number of benzene rings is 2. The van der Waals surface area contributed by atoms with Gasteiger partial charge in [0, 0.05) is 4.47 Å². The molecule has 2 rings (SSSR count). The minimum absolute atomic E-state index is 0.0248. The van der Waals surface area contributed by atoms with E-state index in [2.05, 4.69) is 21.2 Å². The monoisotopic (exact) mass is 355 g/mol. The second kappa shape index (κ2) is 6.01. The summed E-state index contributed by atoms with van der Waals surface area (Å²) in [7, 11) is 0. The van der Waals surface area contributed by atoms with Gasteiger partial charge in [0.1, 0.15) is 0 Å². The topological polar surface area (TPSA) is 66.4 Å². The van der Waals surface area contributed by atoms with Crippen molar-refractivity contribution in [2.24, 2.45) is 0 Å². The molecule has 0 unspecified atom stereocenters. The van der Waals surface area contributed by atoms with Crippen LogP contribution in [-0.4, -0.2) is 17.0 Å². The van der Waals surface area contributed by atoms with Crippen molar-refractivity contribution in [3.8, 4) is 0 Å². The van der Waals surface area contributed by atoms with Crippen LogP contribution in [0.15, 0.2) is 40.9 Å². The average molecular weight is 356 g/mol. The van der Waals surface area contributed by atoms with Crippen LogP contribution in [0.25, 0.3) is 0 Å². The van der Waals surface area contributed by atoms with E-state index in [1.807, 2.05) is 0 Å². The molecule has 1 amide bonds. The van der Waals surface area contributed by atoms with Gasteiger partial charge in [-0.25, -0.2) is 13.6 Å². The minimum Gasteiger partial charge on any atom is -0.478 e. The van der Waals surface area contributed by atoms with Gasteiger partial charge in [-0.05, 0) is 46.3 Å². The molecule has 108 valence electrons. The number of amides is 1. The Labute approximate surface area is 126 Å². The third-order valence-corrected chi connectivity index (χ3v) is 3.32. The van der Waals surface area contributed by atoms with Crippen LogP contribution in [0.3, 0.4) is 0 Å². The summed E-state index contributed by atoms with van der Waals surface area (Å²) in [5, 5.41) is 11.2. The maximum absolute atomic E-state index is 13.5. The van der Waals surface area contributed by atoms with Gasteiger partial charge in [-0.15, -0.1) is 0 Å². The van der Waals surface area contributed by atoms with Crippen LogP contribution >= 0.6 is 15.9 Å². The zero-order chi connectivity index (χ0) is 15.6. The number of aromatic carboxylic acids is 1. The SMILES string of the molecule is O=C(O)c1ccc(NC(=O)c2cccc(F)c2F)c(Br)c1. The third-order valence-electron chi connectivity index (χ3n) is 2.66. The summed E-state index contributed by atoms with van der Waals surface area (Å²) in [6.45, 7) is 0. The van der Waals surface area contributed by atoms with Gasteiger partial charge in [0.15, 0.2) is 11.6 Å². The summed E-state index contributed by atoms with van der Waals surface area (Å²) < 4.78 is 26.9. The number of carbonyl (C=O) groups is 2. The summed E-state index contributed by atoms with van der Waals surface area (Å²) in [5.41, 5.74) is -0.172. The predicted octanol–water partition coefficient (Wildman–Crippen LogP) is 3.68. The van der Waals surface area contributed by atoms with Gasteiger partial charge in [0.2, 0.25) is 0 Å². The summed E-state index contributed by atoms with van der Waals surface area (Å²) in [6.07, 6.45) is 0. The Balaban J connectivity index is 2.28. The first-order chi connectivity index (χ1) is 9.90. The summed E-state index contributed by atoms with van der Waals surface area (Å²) in [5.74, 6) is -4.32. The summed E-state index contributed by atoms with van der Waals surface area (Å²) >= 11 is 3.10. The number of anilines is 1. The fraction of sp³-hybridized carbons (Fsp3) is 0. The molecular weight excluding hydrogens is 348 g/mol. The van der Waals surface area contributed by atoms with E-state index in [9.17, 15) is 18.4 Å². The van der Waals surface area contributed by atoms with Crippen molar-refractivity contribution >= 4 is 33.5 Å². The molecule has 0 saturated carbocycles. The number of carboxylic acid groups (broad SMARTS) is 1. The zero-order valence-corrected chi connectivity index (χ0v) is 11.9. The number of carboxylic acids is 1. The van der Waals surface area contributed by atoms with Gasteiger partial charge in [0.05, 0.1) is 16.8 Å². The lowest BCUT2D eigenvalue weighted by atomic mass is 10.1. The number of carbonyl (C=O) groups excluding carboxylic acids is 1. The highest BCUT2D eigenvalue weighted by molar-refractivity contribution is 9.10. The van der Waals surface area contributed by atoms with E-state index in [0.29, 0.717) is 4.47 Å². The first-order valence-electron chi connectivity index (χ1n) is 5.68. The molecule has 0 aliphatic heterocycles. The smallest absolute Gasteiger partial charge is 0.335 e. The quantitative estimate of drug-likeness (QED) is 0.882. The number of halogens is 3. The lowest BCUT2D eigenvalue weighted by Crippen LogP contribution is -2.15. The van der Waals surface area contributed by atoms with Gasteiger partial charge >= 0.3 is 5.97 Å². The Kier molecular flexibility index (Phi) is 4.32. The van der Waals surface area contributed by atoms with E-state index >= 15 is 0 Å². The van der Waals surface area contributed by atoms with Crippen LogP contribution in [0.1, 0.15) is 20.7 Å². The number of rotatable bonds is 3. The second-order valence-electron chi connectivity index (χ2n) is 4.06. The van der Waals surface area contributed by atoms with E-state index in [1.165, 1.54) is 24.3 Å². The maximum atomic E-state index is 13.5. The Bertz CT molecular complexity index is 734. The number of hydrogen-bond acceptors (Lipinski definition) is 2. The average Bonchev–Trinajstić information content (AvgIpc) is 2.43. The molecule has 2 N–H and O–H groups in total. The fourth-order valence-electron chi connectivity index (χ4n) is 1.62. The van der Waals surface area contributed by atoms with Gasteiger partial charge in [-0.3, -0.25) is 4.79 Å². The first-order valence-corrected chi connectivity index (χ1v) is 6.47. The highest BCUT2D eigenvalue weighted by Gasteiger charge is 2.16. The van der Waals surface area contributed by atoms with Crippen LogP contribution in [0, 0.1) is 11.6 Å². The first kappa shape index (κ1) is 15.1. The maximum Gasteiger partial charge on any atom is 0.335 e. The van der Waals surface area contributed by atoms with Crippen molar-refractivity contribution in [3.05, 3.63) is 63.6 Å². The van der Waals surface area contributed by atoms with Gasteiger partial charge in [-0.1, -0.05) is 6.07 Å². The Morgan fingerprint density at radius 3 is 2.48 bits per heavy atom. The van der Waals surface area contributed by atoms with Crippen LogP contribution in [0.4, 0.5) is 14.5 Å². The Hall–Kier alpha value is -2.28. The largest absolute Gasteiger partial charge is 0.478 e. The number of hydrogen-bond donors (Lipinski definition) is 2. The van der Waals surface area contributed by atoms with Crippen LogP contribution < -0.4 is 5.32 Å². The van der Waals surface area contributed by atoms with Gasteiger partial charge in [0.25, 0.3) is 5.91 Å². The predicted molar refractivity (Wildman–Crippen MR) is 75.4 cm³/mol. The zero-order valence-electron chi connectivity index (χ0n) is 10.4. The summed E-state index contributed by atoms with van der Waals surface area (Å²) in [4.78, 5) is 22.7. The molecule has 0 radical (unpaired) electrons. The van der Waals surface area contributed by atoms with Crippen molar-refractivity contribution in [3.63, 3.8) is 0 Å². The molecule has 0 atom stereocenters. The molecule has 0 saturated heterocycles. The Morgan fingerprint density at radius 1 is 1.14 bits per heavy atom. The van der Waals surface area contributed by atoms with E-state index in [-0.39, 0.29) is 11.3 Å². The second-order valence-corrected chi connectivity index (χ2v) is 4.91. The van der Waals surface area contributed by atoms with Crippen molar-refractivity contribution in [1.29, 1.82) is 0 Å². The normalized spacial score (nSPS) is 10.2. The molecule has 21 heavy (non-hydrogen) atoms. The fourth-order valence-corrected chi connectivity index (χ4v) is 2.10. The molecule has 2 aromatic rings. The Morgan fingerprint density at radius 2 is 1.86 bits per heavy atom. The van der Waals surface area contributed by atoms with Crippen molar-refractivity contribution in [2.75, 3.05) is 5.32 Å². The van der Waals surface area contributed by atoms with E-state index in [4.69, 9.17) is 5.11 Å². The van der Waals surface area contributed by atoms with Crippen LogP contribution in [-0.2, 0) is 0 Å². The molecule has 0 aromatic heterocycles. The van der Waals surface area contributed by atoms with Crippen molar-refractivity contribution in [1.82, 2.24) is 0 Å². The van der Waals surface area contributed by atoms with Crippen molar-refractivity contribution in [2.45, 2.75) is 0 Å². The molecule has 0 fully saturated rings. The molecule has 7 heteroatoms. The highest BCUT2D eigenvalue weighted by atomic mass is 79.9. The van der Waals surface area contributed by atoms with E-state index in [1.54, 1.807) is 0 Å². The van der Waals surface area contributed by atoms with Gasteiger partial charge in [-0.2, -0.15) is 0 Å².